The summed E-state index contributed by atoms with van der Waals surface area (Å²) >= 11 is 3.22. The first-order chi connectivity index (χ1) is 11.5. The molecular formula is C17H17BrN2O4. The average molecular weight is 393 g/mol. The number of aromatic hydroxyl groups is 1. The molecule has 6 nitrogen and oxygen atoms in total. The second-order valence-corrected chi connectivity index (χ2v) is 5.76. The third-order valence-corrected chi connectivity index (χ3v) is 3.73. The molecule has 126 valence electrons. The summed E-state index contributed by atoms with van der Waals surface area (Å²) in [5, 5.41) is 13.6. The van der Waals surface area contributed by atoms with Crippen molar-refractivity contribution in [2.24, 2.45) is 5.10 Å². The third kappa shape index (κ3) is 4.73. The zero-order valence-electron chi connectivity index (χ0n) is 13.2. The predicted octanol–water partition coefficient (Wildman–Crippen LogP) is 3.00. The number of carbonyl (C=O) groups excluding carboxylic acids is 1. The van der Waals surface area contributed by atoms with E-state index < -0.39 is 0 Å². The van der Waals surface area contributed by atoms with E-state index in [-0.39, 0.29) is 18.3 Å². The highest BCUT2D eigenvalue weighted by molar-refractivity contribution is 9.10. The lowest BCUT2D eigenvalue weighted by atomic mass is 10.2. The highest BCUT2D eigenvalue weighted by Gasteiger charge is 2.08. The van der Waals surface area contributed by atoms with Gasteiger partial charge in [0.15, 0.2) is 18.1 Å². The zero-order chi connectivity index (χ0) is 17.5. The number of benzene rings is 2. The number of amides is 1. The van der Waals surface area contributed by atoms with Crippen molar-refractivity contribution in [1.82, 2.24) is 5.43 Å². The minimum atomic E-state index is -0.376. The van der Waals surface area contributed by atoms with E-state index in [1.807, 2.05) is 25.1 Å². The number of methoxy groups -OCH3 is 1. The normalized spacial score (nSPS) is 10.6. The van der Waals surface area contributed by atoms with Crippen molar-refractivity contribution >= 4 is 28.1 Å². The van der Waals surface area contributed by atoms with Gasteiger partial charge in [0, 0.05) is 0 Å². The molecule has 0 heterocycles. The average Bonchev–Trinajstić information content (AvgIpc) is 2.57. The smallest absolute Gasteiger partial charge is 0.277 e. The molecule has 2 aromatic carbocycles. The molecule has 2 aromatic rings. The molecule has 0 atom stereocenters. The van der Waals surface area contributed by atoms with E-state index in [9.17, 15) is 9.90 Å². The summed E-state index contributed by atoms with van der Waals surface area (Å²) in [5.41, 5.74) is 3.98. The fourth-order valence-corrected chi connectivity index (χ4v) is 2.36. The van der Waals surface area contributed by atoms with Gasteiger partial charge in [-0.15, -0.1) is 0 Å². The molecule has 0 fully saturated rings. The highest BCUT2D eigenvalue weighted by Crippen LogP contribution is 2.34. The maximum Gasteiger partial charge on any atom is 0.277 e. The molecule has 0 aliphatic carbocycles. The molecule has 0 aliphatic heterocycles. The van der Waals surface area contributed by atoms with E-state index in [4.69, 9.17) is 9.47 Å². The second kappa shape index (κ2) is 8.35. The summed E-state index contributed by atoms with van der Waals surface area (Å²) in [6.07, 6.45) is 1.44. The quantitative estimate of drug-likeness (QED) is 0.584. The summed E-state index contributed by atoms with van der Waals surface area (Å²) in [7, 11) is 1.45. The molecule has 24 heavy (non-hydrogen) atoms. The van der Waals surface area contributed by atoms with E-state index in [2.05, 4.69) is 26.5 Å². The molecule has 0 aromatic heterocycles. The van der Waals surface area contributed by atoms with Crippen molar-refractivity contribution in [3.05, 3.63) is 52.0 Å². The van der Waals surface area contributed by atoms with Gasteiger partial charge in [0.2, 0.25) is 0 Å². The molecular weight excluding hydrogens is 376 g/mol. The standard InChI is InChI=1S/C17H17BrN2O4/c1-11-5-3-4-6-14(11)24-10-16(21)20-19-9-12-7-13(18)17(22)15(8-12)23-2/h3-9,22H,10H2,1-2H3,(H,20,21)/b19-9-. The van der Waals surface area contributed by atoms with Crippen LogP contribution in [0.5, 0.6) is 17.2 Å². The van der Waals surface area contributed by atoms with Crippen molar-refractivity contribution in [2.45, 2.75) is 6.92 Å². The first-order valence-electron chi connectivity index (χ1n) is 7.08. The molecule has 0 bridgehead atoms. The van der Waals surface area contributed by atoms with Crippen LogP contribution in [0.25, 0.3) is 0 Å². The van der Waals surface area contributed by atoms with E-state index in [1.165, 1.54) is 13.3 Å². The molecule has 2 N–H and O–H groups in total. The van der Waals surface area contributed by atoms with E-state index in [0.717, 1.165) is 5.56 Å². The Labute approximate surface area is 148 Å². The lowest BCUT2D eigenvalue weighted by Gasteiger charge is -2.07. The van der Waals surface area contributed by atoms with Crippen LogP contribution in [0.2, 0.25) is 0 Å². The lowest BCUT2D eigenvalue weighted by Crippen LogP contribution is -2.24. The first-order valence-corrected chi connectivity index (χ1v) is 7.87. The Morgan fingerprint density at radius 2 is 2.08 bits per heavy atom. The molecule has 0 radical (unpaired) electrons. The molecule has 0 saturated heterocycles. The Kier molecular flexibility index (Phi) is 6.20. The van der Waals surface area contributed by atoms with Gasteiger partial charge in [0.25, 0.3) is 5.91 Å². The number of hydrazone groups is 1. The van der Waals surface area contributed by atoms with Crippen molar-refractivity contribution in [2.75, 3.05) is 13.7 Å². The van der Waals surface area contributed by atoms with Crippen LogP contribution >= 0.6 is 15.9 Å². The number of phenols is 1. The van der Waals surface area contributed by atoms with Crippen molar-refractivity contribution < 1.29 is 19.4 Å². The number of para-hydroxylation sites is 1. The van der Waals surface area contributed by atoms with Gasteiger partial charge in [0.05, 0.1) is 17.8 Å². The summed E-state index contributed by atoms with van der Waals surface area (Å²) in [4.78, 5) is 11.7. The van der Waals surface area contributed by atoms with Crippen LogP contribution in [0.1, 0.15) is 11.1 Å². The molecule has 2 rings (SSSR count). The zero-order valence-corrected chi connectivity index (χ0v) is 14.8. The number of nitrogens with one attached hydrogen (secondary N) is 1. The number of carbonyl (C=O) groups is 1. The van der Waals surface area contributed by atoms with Crippen molar-refractivity contribution in [1.29, 1.82) is 0 Å². The Balaban J connectivity index is 1.91. The minimum Gasteiger partial charge on any atom is -0.503 e. The largest absolute Gasteiger partial charge is 0.503 e. The summed E-state index contributed by atoms with van der Waals surface area (Å²) in [6, 6.07) is 10.7. The first kappa shape index (κ1) is 17.8. The SMILES string of the molecule is COc1cc(/C=N\NC(=O)COc2ccccc2C)cc(Br)c1O. The van der Waals surface area contributed by atoms with Crippen molar-refractivity contribution in [3.63, 3.8) is 0 Å². The Morgan fingerprint density at radius 3 is 2.79 bits per heavy atom. The molecule has 0 saturated carbocycles. The number of aryl methyl sites for hydroxylation is 1. The topological polar surface area (TPSA) is 80.2 Å². The highest BCUT2D eigenvalue weighted by atomic mass is 79.9. The molecule has 0 spiro atoms. The number of nitrogens with zero attached hydrogens (tertiary/aromatic N) is 1. The van der Waals surface area contributed by atoms with Gasteiger partial charge in [-0.2, -0.15) is 5.10 Å². The number of phenolic OH excluding ortho intramolecular Hbond substituents is 1. The van der Waals surface area contributed by atoms with Gasteiger partial charge >= 0.3 is 0 Å². The van der Waals surface area contributed by atoms with Crippen LogP contribution in [0.4, 0.5) is 0 Å². The van der Waals surface area contributed by atoms with Gasteiger partial charge in [-0.1, -0.05) is 18.2 Å². The van der Waals surface area contributed by atoms with E-state index >= 15 is 0 Å². The van der Waals surface area contributed by atoms with Gasteiger partial charge in [-0.25, -0.2) is 5.43 Å². The number of ether oxygens (including phenoxy) is 2. The summed E-state index contributed by atoms with van der Waals surface area (Å²) < 4.78 is 10.9. The maximum atomic E-state index is 11.7. The fraction of sp³-hybridized carbons (Fsp3) is 0.176. The van der Waals surface area contributed by atoms with Crippen LogP contribution in [-0.2, 0) is 4.79 Å². The van der Waals surface area contributed by atoms with Gasteiger partial charge in [0.1, 0.15) is 5.75 Å². The third-order valence-electron chi connectivity index (χ3n) is 3.13. The van der Waals surface area contributed by atoms with Crippen LogP contribution < -0.4 is 14.9 Å². The van der Waals surface area contributed by atoms with Crippen LogP contribution in [-0.4, -0.2) is 30.9 Å². The van der Waals surface area contributed by atoms with Crippen LogP contribution in [0.3, 0.4) is 0 Å². The Morgan fingerprint density at radius 1 is 1.33 bits per heavy atom. The number of rotatable bonds is 6. The lowest BCUT2D eigenvalue weighted by molar-refractivity contribution is -0.123. The van der Waals surface area contributed by atoms with E-state index in [0.29, 0.717) is 21.5 Å². The van der Waals surface area contributed by atoms with Gasteiger partial charge in [-0.3, -0.25) is 4.79 Å². The fourth-order valence-electron chi connectivity index (χ4n) is 1.90. The second-order valence-electron chi connectivity index (χ2n) is 4.90. The predicted molar refractivity (Wildman–Crippen MR) is 94.8 cm³/mol. The number of hydrogen-bond acceptors (Lipinski definition) is 5. The van der Waals surface area contributed by atoms with Crippen molar-refractivity contribution in [3.8, 4) is 17.2 Å². The van der Waals surface area contributed by atoms with Gasteiger partial charge < -0.3 is 14.6 Å². The summed E-state index contributed by atoms with van der Waals surface area (Å²) in [5.74, 6) is 0.591. The van der Waals surface area contributed by atoms with Crippen LogP contribution in [0, 0.1) is 6.92 Å². The maximum absolute atomic E-state index is 11.7. The van der Waals surface area contributed by atoms with Gasteiger partial charge in [-0.05, 0) is 52.2 Å². The van der Waals surface area contributed by atoms with E-state index in [1.54, 1.807) is 18.2 Å². The molecule has 1 amide bonds. The Bertz CT molecular complexity index is 762. The summed E-state index contributed by atoms with van der Waals surface area (Å²) in [6.45, 7) is 1.77. The monoisotopic (exact) mass is 392 g/mol. The Hall–Kier alpha value is -2.54. The minimum absolute atomic E-state index is 0.00492. The molecule has 7 heteroatoms. The molecule has 0 unspecified atom stereocenters. The number of halogens is 1. The molecule has 0 aliphatic rings. The van der Waals surface area contributed by atoms with Crippen LogP contribution in [0.15, 0.2) is 46.0 Å². The number of hydrogen-bond donors (Lipinski definition) is 2.